The van der Waals surface area contributed by atoms with E-state index in [0.29, 0.717) is 4.90 Å². The minimum Gasteiger partial charge on any atom is -0.254 e. The highest BCUT2D eigenvalue weighted by atomic mass is 32.2. The first-order chi connectivity index (χ1) is 8.83. The third-order valence-corrected chi connectivity index (χ3v) is 3.93. The normalized spacial score (nSPS) is 13.3. The Bertz CT molecular complexity index is 580. The van der Waals surface area contributed by atoms with Gasteiger partial charge in [0.25, 0.3) is 0 Å². The van der Waals surface area contributed by atoms with Gasteiger partial charge in [-0.15, -0.1) is 0 Å². The summed E-state index contributed by atoms with van der Waals surface area (Å²) in [6, 6.07) is 18.1. The summed E-state index contributed by atoms with van der Waals surface area (Å²) in [5.74, 6) is 0. The van der Waals surface area contributed by atoms with Crippen LogP contribution in [0.1, 0.15) is 10.9 Å². The molecule has 0 aliphatic rings. The van der Waals surface area contributed by atoms with E-state index in [9.17, 15) is 4.21 Å². The van der Waals surface area contributed by atoms with E-state index < -0.39 is 16.2 Å². The molecule has 0 heterocycles. The average Bonchev–Trinajstić information content (AvgIpc) is 2.46. The first-order valence-electron chi connectivity index (χ1n) is 5.37. The van der Waals surface area contributed by atoms with Crippen LogP contribution in [0.5, 0.6) is 0 Å². The Morgan fingerprint density at radius 3 is 2.11 bits per heavy atom. The maximum atomic E-state index is 12.4. The van der Waals surface area contributed by atoms with Crippen molar-refractivity contribution in [2.75, 3.05) is 0 Å². The maximum Gasteiger partial charge on any atom is 0.143 e. The topological polar surface area (TPSA) is 65.8 Å². The van der Waals surface area contributed by atoms with Crippen LogP contribution in [-0.2, 0) is 10.8 Å². The van der Waals surface area contributed by atoms with Crippen molar-refractivity contribution < 1.29 is 4.21 Å². The molecule has 2 atom stereocenters. The molecular formula is C13H11N3OS. The van der Waals surface area contributed by atoms with Gasteiger partial charge in [-0.1, -0.05) is 53.6 Å². The first-order valence-corrected chi connectivity index (χ1v) is 6.59. The molecule has 0 N–H and O–H groups in total. The smallest absolute Gasteiger partial charge is 0.143 e. The van der Waals surface area contributed by atoms with Crippen molar-refractivity contribution in [3.05, 3.63) is 76.7 Å². The predicted octanol–water partition coefficient (Wildman–Crippen LogP) is 3.80. The van der Waals surface area contributed by atoms with E-state index in [-0.39, 0.29) is 0 Å². The summed E-state index contributed by atoms with van der Waals surface area (Å²) >= 11 is 0. The minimum absolute atomic E-state index is 0.652. The summed E-state index contributed by atoms with van der Waals surface area (Å²) < 4.78 is 12.4. The van der Waals surface area contributed by atoms with Crippen LogP contribution in [0, 0.1) is 0 Å². The molecule has 2 aromatic rings. The fraction of sp³-hybridized carbons (Fsp3) is 0.0769. The Morgan fingerprint density at radius 2 is 1.56 bits per heavy atom. The lowest BCUT2D eigenvalue weighted by molar-refractivity contribution is 0.673. The van der Waals surface area contributed by atoms with Crippen molar-refractivity contribution in [1.82, 2.24) is 0 Å². The minimum atomic E-state index is -1.39. The molecular weight excluding hydrogens is 246 g/mol. The average molecular weight is 257 g/mol. The molecule has 0 bridgehead atoms. The lowest BCUT2D eigenvalue weighted by Gasteiger charge is -2.11. The largest absolute Gasteiger partial charge is 0.254 e. The fourth-order valence-electron chi connectivity index (χ4n) is 1.58. The van der Waals surface area contributed by atoms with Gasteiger partial charge < -0.3 is 0 Å². The zero-order chi connectivity index (χ0) is 12.8. The third-order valence-electron chi connectivity index (χ3n) is 2.42. The van der Waals surface area contributed by atoms with Gasteiger partial charge in [0.15, 0.2) is 0 Å². The molecule has 18 heavy (non-hydrogen) atoms. The predicted molar refractivity (Wildman–Crippen MR) is 71.2 cm³/mol. The second kappa shape index (κ2) is 6.00. The number of azide groups is 1. The highest BCUT2D eigenvalue weighted by Crippen LogP contribution is 2.26. The van der Waals surface area contributed by atoms with Gasteiger partial charge >= 0.3 is 0 Å². The molecule has 0 amide bonds. The zero-order valence-electron chi connectivity index (χ0n) is 9.51. The van der Waals surface area contributed by atoms with Gasteiger partial charge in [-0.25, -0.2) is 0 Å². The van der Waals surface area contributed by atoms with E-state index in [2.05, 4.69) is 10.0 Å². The van der Waals surface area contributed by atoms with Crippen molar-refractivity contribution in [2.45, 2.75) is 10.3 Å². The van der Waals surface area contributed by atoms with Gasteiger partial charge in [-0.3, -0.25) is 4.21 Å². The van der Waals surface area contributed by atoms with Crippen LogP contribution in [-0.4, -0.2) is 4.21 Å². The molecule has 0 radical (unpaired) electrons. The Balaban J connectivity index is 2.38. The van der Waals surface area contributed by atoms with Crippen LogP contribution in [0.15, 0.2) is 70.7 Å². The van der Waals surface area contributed by atoms with Gasteiger partial charge in [0.2, 0.25) is 0 Å². The highest BCUT2D eigenvalue weighted by Gasteiger charge is 2.18. The molecule has 2 aromatic carbocycles. The van der Waals surface area contributed by atoms with E-state index in [0.717, 1.165) is 5.56 Å². The summed E-state index contributed by atoms with van der Waals surface area (Å²) in [4.78, 5) is 3.44. The van der Waals surface area contributed by atoms with Crippen molar-refractivity contribution >= 4 is 10.8 Å². The van der Waals surface area contributed by atoms with Gasteiger partial charge in [-0.05, 0) is 23.2 Å². The summed E-state index contributed by atoms with van der Waals surface area (Å²) in [6.45, 7) is 0. The lowest BCUT2D eigenvalue weighted by atomic mass is 10.2. The summed E-state index contributed by atoms with van der Waals surface area (Å²) in [5, 5.41) is 2.96. The fourth-order valence-corrected chi connectivity index (χ4v) is 2.80. The zero-order valence-corrected chi connectivity index (χ0v) is 10.3. The van der Waals surface area contributed by atoms with Crippen molar-refractivity contribution in [3.63, 3.8) is 0 Å². The van der Waals surface area contributed by atoms with Crippen molar-refractivity contribution in [3.8, 4) is 0 Å². The van der Waals surface area contributed by atoms with Crippen LogP contribution in [0.25, 0.3) is 10.4 Å². The number of nitrogens with zero attached hydrogens (tertiary/aromatic N) is 3. The maximum absolute atomic E-state index is 12.4. The van der Waals surface area contributed by atoms with E-state index in [4.69, 9.17) is 5.53 Å². The second-order valence-corrected chi connectivity index (χ2v) is 5.09. The Labute approximate surface area is 107 Å². The van der Waals surface area contributed by atoms with Crippen LogP contribution in [0.3, 0.4) is 0 Å². The van der Waals surface area contributed by atoms with E-state index >= 15 is 0 Å². The third kappa shape index (κ3) is 2.77. The van der Waals surface area contributed by atoms with E-state index in [1.165, 1.54) is 0 Å². The summed E-state index contributed by atoms with van der Waals surface area (Å²) in [7, 11) is -1.39. The van der Waals surface area contributed by atoms with Crippen LogP contribution >= 0.6 is 0 Å². The quantitative estimate of drug-likeness (QED) is 0.466. The Hall–Kier alpha value is -2.10. The molecule has 0 aliphatic heterocycles. The molecule has 0 spiro atoms. The Morgan fingerprint density at radius 1 is 1.00 bits per heavy atom. The standard InChI is InChI=1S/C13H11N3OS/c14-16-15-13(11-7-3-1-4-8-11)18(17)12-9-5-2-6-10-12/h1-10,13H. The number of benzene rings is 2. The van der Waals surface area contributed by atoms with Gasteiger partial charge in [-0.2, -0.15) is 0 Å². The first kappa shape index (κ1) is 12.4. The summed E-state index contributed by atoms with van der Waals surface area (Å²) in [5.41, 5.74) is 9.37. The van der Waals surface area contributed by atoms with E-state index in [1.807, 2.05) is 36.4 Å². The highest BCUT2D eigenvalue weighted by molar-refractivity contribution is 7.85. The van der Waals surface area contributed by atoms with Crippen molar-refractivity contribution in [1.29, 1.82) is 0 Å². The van der Waals surface area contributed by atoms with Crippen LogP contribution in [0.2, 0.25) is 0 Å². The number of hydrogen-bond acceptors (Lipinski definition) is 2. The molecule has 0 fully saturated rings. The lowest BCUT2D eigenvalue weighted by Crippen LogP contribution is -2.03. The number of hydrogen-bond donors (Lipinski definition) is 0. The van der Waals surface area contributed by atoms with Crippen molar-refractivity contribution in [2.24, 2.45) is 5.11 Å². The molecule has 0 saturated heterocycles. The monoisotopic (exact) mass is 257 g/mol. The summed E-state index contributed by atoms with van der Waals surface area (Å²) in [6.07, 6.45) is 0. The van der Waals surface area contributed by atoms with Crippen LogP contribution in [0.4, 0.5) is 0 Å². The number of rotatable bonds is 4. The Kier molecular flexibility index (Phi) is 4.12. The van der Waals surface area contributed by atoms with Gasteiger partial charge in [0.05, 0.1) is 10.8 Å². The molecule has 0 aliphatic carbocycles. The molecule has 90 valence electrons. The van der Waals surface area contributed by atoms with Gasteiger partial charge in [0, 0.05) is 9.81 Å². The molecule has 2 unspecified atom stereocenters. The van der Waals surface area contributed by atoms with Crippen LogP contribution < -0.4 is 0 Å². The molecule has 4 nitrogen and oxygen atoms in total. The SMILES string of the molecule is [N-]=[N+]=NC(c1ccccc1)S(=O)c1ccccc1. The second-order valence-electron chi connectivity index (χ2n) is 3.58. The van der Waals surface area contributed by atoms with E-state index in [1.54, 1.807) is 24.3 Å². The molecule has 0 aromatic heterocycles. The molecule has 0 saturated carbocycles. The molecule has 5 heteroatoms. The molecule has 2 rings (SSSR count). The van der Waals surface area contributed by atoms with Gasteiger partial charge in [0.1, 0.15) is 5.37 Å².